The summed E-state index contributed by atoms with van der Waals surface area (Å²) in [5.41, 5.74) is 2.30. The van der Waals surface area contributed by atoms with E-state index in [9.17, 15) is 4.39 Å². The maximum Gasteiger partial charge on any atom is 0.128 e. The van der Waals surface area contributed by atoms with Crippen LogP contribution >= 0.6 is 11.3 Å². The standard InChI is InChI=1S/C21H24FN5S/c1-16-25-15-20(28-16)14-23-13-17-6-7-24-21(12-17)27-10-8-26(9-11-27)19-4-2-18(22)3-5-19/h2-7,12,15,23H,8-11,13-14H2,1H3. The Morgan fingerprint density at radius 3 is 2.46 bits per heavy atom. The molecule has 0 amide bonds. The van der Waals surface area contributed by atoms with Gasteiger partial charge in [0.25, 0.3) is 0 Å². The molecule has 0 radical (unpaired) electrons. The van der Waals surface area contributed by atoms with Gasteiger partial charge in [0, 0.05) is 62.2 Å². The van der Waals surface area contributed by atoms with Crippen molar-refractivity contribution >= 4 is 22.8 Å². The molecule has 1 fully saturated rings. The quantitative estimate of drug-likeness (QED) is 0.689. The van der Waals surface area contributed by atoms with E-state index in [2.05, 4.69) is 37.2 Å². The van der Waals surface area contributed by atoms with Gasteiger partial charge in [0.2, 0.25) is 0 Å². The minimum absolute atomic E-state index is 0.192. The van der Waals surface area contributed by atoms with Crippen LogP contribution in [-0.2, 0) is 13.1 Å². The van der Waals surface area contributed by atoms with E-state index in [4.69, 9.17) is 0 Å². The first-order valence-electron chi connectivity index (χ1n) is 9.50. The van der Waals surface area contributed by atoms with Crippen molar-refractivity contribution in [2.24, 2.45) is 0 Å². The Balaban J connectivity index is 1.31. The van der Waals surface area contributed by atoms with Crippen LogP contribution in [0.3, 0.4) is 0 Å². The lowest BCUT2D eigenvalue weighted by atomic mass is 10.2. The van der Waals surface area contributed by atoms with Gasteiger partial charge in [-0.3, -0.25) is 0 Å². The van der Waals surface area contributed by atoms with Gasteiger partial charge in [-0.2, -0.15) is 0 Å². The third-order valence-electron chi connectivity index (χ3n) is 4.90. The third-order valence-corrected chi connectivity index (χ3v) is 5.82. The zero-order valence-corrected chi connectivity index (χ0v) is 16.8. The molecule has 0 bridgehead atoms. The molecule has 7 heteroatoms. The number of pyridine rings is 1. The van der Waals surface area contributed by atoms with Crippen LogP contribution in [0.15, 0.2) is 48.8 Å². The van der Waals surface area contributed by atoms with Gasteiger partial charge >= 0.3 is 0 Å². The Kier molecular flexibility index (Phi) is 5.83. The van der Waals surface area contributed by atoms with Crippen LogP contribution in [0.2, 0.25) is 0 Å². The Morgan fingerprint density at radius 1 is 1.00 bits per heavy atom. The molecule has 0 aliphatic carbocycles. The average molecular weight is 398 g/mol. The molecule has 3 aromatic rings. The van der Waals surface area contributed by atoms with E-state index in [0.717, 1.165) is 55.8 Å². The maximum atomic E-state index is 13.1. The van der Waals surface area contributed by atoms with E-state index in [-0.39, 0.29) is 5.82 Å². The van der Waals surface area contributed by atoms with E-state index in [1.54, 1.807) is 11.3 Å². The van der Waals surface area contributed by atoms with Gasteiger partial charge in [0.15, 0.2) is 0 Å². The zero-order valence-electron chi connectivity index (χ0n) is 15.9. The van der Waals surface area contributed by atoms with Gasteiger partial charge in [0.1, 0.15) is 11.6 Å². The molecule has 0 atom stereocenters. The Hall–Kier alpha value is -2.51. The highest BCUT2D eigenvalue weighted by Gasteiger charge is 2.18. The molecule has 5 nitrogen and oxygen atoms in total. The first-order valence-corrected chi connectivity index (χ1v) is 10.3. The highest BCUT2D eigenvalue weighted by Crippen LogP contribution is 2.20. The third kappa shape index (κ3) is 4.66. The van der Waals surface area contributed by atoms with Crippen molar-refractivity contribution in [3.05, 3.63) is 70.1 Å². The maximum absolute atomic E-state index is 13.1. The number of anilines is 2. The summed E-state index contributed by atoms with van der Waals surface area (Å²) in [5, 5.41) is 4.58. The van der Waals surface area contributed by atoms with Crippen molar-refractivity contribution < 1.29 is 4.39 Å². The van der Waals surface area contributed by atoms with Crippen LogP contribution in [0.25, 0.3) is 0 Å². The van der Waals surface area contributed by atoms with Crippen molar-refractivity contribution in [3.8, 4) is 0 Å². The van der Waals surface area contributed by atoms with Crippen LogP contribution in [0, 0.1) is 12.7 Å². The number of aryl methyl sites for hydroxylation is 1. The van der Waals surface area contributed by atoms with Crippen LogP contribution in [-0.4, -0.2) is 36.1 Å². The summed E-state index contributed by atoms with van der Waals surface area (Å²) in [6.07, 6.45) is 3.82. The fourth-order valence-corrected chi connectivity index (χ4v) is 4.17. The number of piperazine rings is 1. The fraction of sp³-hybridized carbons (Fsp3) is 0.333. The van der Waals surface area contributed by atoms with Crippen LogP contribution in [0.5, 0.6) is 0 Å². The number of nitrogens with zero attached hydrogens (tertiary/aromatic N) is 4. The van der Waals surface area contributed by atoms with Crippen LogP contribution in [0.4, 0.5) is 15.9 Å². The molecule has 0 spiro atoms. The van der Waals surface area contributed by atoms with Gasteiger partial charge in [-0.25, -0.2) is 14.4 Å². The molecule has 4 rings (SSSR count). The molecular formula is C21H24FN5S. The normalized spacial score (nSPS) is 14.5. The molecule has 0 saturated carbocycles. The molecular weight excluding hydrogens is 373 g/mol. The first kappa shape index (κ1) is 18.8. The molecule has 1 aromatic carbocycles. The number of hydrogen-bond acceptors (Lipinski definition) is 6. The SMILES string of the molecule is Cc1ncc(CNCc2ccnc(N3CCN(c4ccc(F)cc4)CC3)c2)s1. The van der Waals surface area contributed by atoms with Crippen molar-refractivity contribution in [3.63, 3.8) is 0 Å². The molecule has 3 heterocycles. The molecule has 146 valence electrons. The second kappa shape index (κ2) is 8.67. The summed E-state index contributed by atoms with van der Waals surface area (Å²) in [6.45, 7) is 7.28. The summed E-state index contributed by atoms with van der Waals surface area (Å²) < 4.78 is 13.1. The number of nitrogens with one attached hydrogen (secondary N) is 1. The van der Waals surface area contributed by atoms with Crippen molar-refractivity contribution in [1.82, 2.24) is 15.3 Å². The molecule has 2 aromatic heterocycles. The lowest BCUT2D eigenvalue weighted by Gasteiger charge is -2.36. The van der Waals surface area contributed by atoms with E-state index < -0.39 is 0 Å². The smallest absolute Gasteiger partial charge is 0.128 e. The van der Waals surface area contributed by atoms with E-state index in [0.29, 0.717) is 0 Å². The topological polar surface area (TPSA) is 44.3 Å². The number of aromatic nitrogens is 2. The van der Waals surface area contributed by atoms with Crippen LogP contribution < -0.4 is 15.1 Å². The largest absolute Gasteiger partial charge is 0.368 e. The Labute approximate surface area is 168 Å². The van der Waals surface area contributed by atoms with Gasteiger partial charge in [-0.05, 0) is 48.9 Å². The van der Waals surface area contributed by atoms with Gasteiger partial charge in [-0.1, -0.05) is 0 Å². The fourth-order valence-electron chi connectivity index (χ4n) is 3.41. The highest BCUT2D eigenvalue weighted by molar-refractivity contribution is 7.11. The monoisotopic (exact) mass is 397 g/mol. The number of hydrogen-bond donors (Lipinski definition) is 1. The van der Waals surface area contributed by atoms with E-state index >= 15 is 0 Å². The minimum atomic E-state index is -0.192. The lowest BCUT2D eigenvalue weighted by Crippen LogP contribution is -2.46. The zero-order chi connectivity index (χ0) is 19.3. The summed E-state index contributed by atoms with van der Waals surface area (Å²) >= 11 is 1.73. The minimum Gasteiger partial charge on any atom is -0.368 e. The van der Waals surface area contributed by atoms with E-state index in [1.165, 1.54) is 22.6 Å². The van der Waals surface area contributed by atoms with Gasteiger partial charge < -0.3 is 15.1 Å². The summed E-state index contributed by atoms with van der Waals surface area (Å²) in [4.78, 5) is 14.7. The Morgan fingerprint density at radius 2 is 1.75 bits per heavy atom. The van der Waals surface area contributed by atoms with Gasteiger partial charge in [-0.15, -0.1) is 11.3 Å². The van der Waals surface area contributed by atoms with Crippen molar-refractivity contribution in [1.29, 1.82) is 0 Å². The van der Waals surface area contributed by atoms with Gasteiger partial charge in [0.05, 0.1) is 5.01 Å². The molecule has 1 aliphatic rings. The molecule has 0 unspecified atom stereocenters. The predicted molar refractivity (Wildman–Crippen MR) is 112 cm³/mol. The second-order valence-corrected chi connectivity index (χ2v) is 8.24. The highest BCUT2D eigenvalue weighted by atomic mass is 32.1. The number of halogens is 1. The number of rotatable bonds is 6. The summed E-state index contributed by atoms with van der Waals surface area (Å²) in [5.74, 6) is 0.828. The second-order valence-electron chi connectivity index (χ2n) is 6.92. The van der Waals surface area contributed by atoms with Crippen LogP contribution in [0.1, 0.15) is 15.4 Å². The molecule has 1 aliphatic heterocycles. The van der Waals surface area contributed by atoms with E-state index in [1.807, 2.05) is 31.5 Å². The summed E-state index contributed by atoms with van der Waals surface area (Å²) in [6, 6.07) is 11.0. The number of thiazole rings is 1. The lowest BCUT2D eigenvalue weighted by molar-refractivity contribution is 0.624. The average Bonchev–Trinajstić information content (AvgIpc) is 3.14. The molecule has 1 N–H and O–H groups in total. The molecule has 28 heavy (non-hydrogen) atoms. The summed E-state index contributed by atoms with van der Waals surface area (Å²) in [7, 11) is 0. The van der Waals surface area contributed by atoms with Crippen molar-refractivity contribution in [2.45, 2.75) is 20.0 Å². The number of benzene rings is 1. The Bertz CT molecular complexity index is 903. The first-order chi connectivity index (χ1) is 13.7. The predicted octanol–water partition coefficient (Wildman–Crippen LogP) is 3.60. The van der Waals surface area contributed by atoms with Crippen molar-refractivity contribution in [2.75, 3.05) is 36.0 Å². The molecule has 1 saturated heterocycles.